The van der Waals surface area contributed by atoms with Gasteiger partial charge in [-0.25, -0.2) is 4.98 Å². The quantitative estimate of drug-likeness (QED) is 0.179. The van der Waals surface area contributed by atoms with Gasteiger partial charge in [-0.2, -0.15) is 0 Å². The Bertz CT molecular complexity index is 3750. The topological polar surface area (TPSA) is 29.9 Å². The Hall–Kier alpha value is -6.25. The van der Waals surface area contributed by atoms with Crippen LogP contribution in [0.25, 0.3) is 99.8 Å². The predicted octanol–water partition coefficient (Wildman–Crippen LogP) is 14.2. The second-order valence-electron chi connectivity index (χ2n) is 17.2. The number of anilines is 2. The zero-order valence-corrected chi connectivity index (χ0v) is 35.7. The van der Waals surface area contributed by atoms with Crippen LogP contribution in [0.15, 0.2) is 152 Å². The van der Waals surface area contributed by atoms with Crippen LogP contribution in [0, 0.1) is 0 Å². The SMILES string of the molecule is CC(C)(C)c1ccc(Nc2cc3sc4ccccc4c3cc2-c2ccc3c4cc5c(cc4n4c3c2Bc2cc3nc(-c6ccccc6)sc3cc2-4)sc2ccccc25)cc1. The summed E-state index contributed by atoms with van der Waals surface area (Å²) in [5.41, 5.74) is 14.8. The van der Waals surface area contributed by atoms with Gasteiger partial charge >= 0.3 is 0 Å². The van der Waals surface area contributed by atoms with Crippen LogP contribution in [0.3, 0.4) is 0 Å². The molecule has 284 valence electrons. The lowest BCUT2D eigenvalue weighted by Crippen LogP contribution is -2.37. The molecule has 0 fully saturated rings. The Morgan fingerprint density at radius 3 is 2.00 bits per heavy atom. The van der Waals surface area contributed by atoms with Crippen LogP contribution in [-0.2, 0) is 5.41 Å². The van der Waals surface area contributed by atoms with Crippen molar-refractivity contribution in [3.8, 4) is 27.4 Å². The normalized spacial score (nSPS) is 12.7. The third kappa shape index (κ3) is 5.16. The van der Waals surface area contributed by atoms with Gasteiger partial charge in [0, 0.05) is 84.8 Å². The maximum absolute atomic E-state index is 5.23. The molecule has 0 bridgehead atoms. The van der Waals surface area contributed by atoms with E-state index in [1.807, 2.05) is 22.7 Å². The molecule has 1 aliphatic rings. The maximum Gasteiger partial charge on any atom is 0.198 e. The number of fused-ring (bicyclic) bond motifs is 12. The van der Waals surface area contributed by atoms with E-state index in [2.05, 4.69) is 182 Å². The number of aromatic nitrogens is 2. The van der Waals surface area contributed by atoms with E-state index in [0.717, 1.165) is 34.7 Å². The van der Waals surface area contributed by atoms with Gasteiger partial charge in [0.2, 0.25) is 0 Å². The predicted molar refractivity (Wildman–Crippen MR) is 265 cm³/mol. The third-order valence-electron chi connectivity index (χ3n) is 12.6. The van der Waals surface area contributed by atoms with Crippen molar-refractivity contribution in [1.82, 2.24) is 9.55 Å². The number of benzene rings is 8. The number of rotatable bonds is 4. The van der Waals surface area contributed by atoms with E-state index in [0.29, 0.717) is 0 Å². The van der Waals surface area contributed by atoms with Crippen LogP contribution in [0.1, 0.15) is 26.3 Å². The number of nitrogens with one attached hydrogen (secondary N) is 1. The lowest BCUT2D eigenvalue weighted by Gasteiger charge is -2.24. The van der Waals surface area contributed by atoms with E-state index < -0.39 is 0 Å². The van der Waals surface area contributed by atoms with Gasteiger partial charge in [0.05, 0.1) is 15.7 Å². The van der Waals surface area contributed by atoms with Gasteiger partial charge in [-0.15, -0.1) is 34.0 Å². The number of hydrogen-bond donors (Lipinski definition) is 1. The summed E-state index contributed by atoms with van der Waals surface area (Å²) in [6.45, 7) is 6.82. The van der Waals surface area contributed by atoms with Gasteiger partial charge in [0.25, 0.3) is 0 Å². The summed E-state index contributed by atoms with van der Waals surface area (Å²) >= 11 is 5.55. The zero-order valence-electron chi connectivity index (χ0n) is 33.3. The van der Waals surface area contributed by atoms with Crippen molar-refractivity contribution in [2.75, 3.05) is 5.32 Å². The molecule has 0 saturated carbocycles. The maximum atomic E-state index is 5.23. The molecule has 13 rings (SSSR count). The molecule has 0 spiro atoms. The Morgan fingerprint density at radius 2 is 1.25 bits per heavy atom. The standard InChI is InChI=1S/C53H36BN3S3/c1-53(2,3)30-17-19-31(20-18-30)55-41-26-47-38(32-13-7-9-15-45(32)58-47)23-36(41)34-21-22-35-37-24-39-33-14-8-10-16-46(33)59-48(39)27-43(37)57-44-28-49-42(25-40(44)54-50(34)51(35)57)56-52(60-49)29-11-5-4-6-12-29/h4-28,54-55H,1-3H3. The molecular weight excluding hydrogens is 786 g/mol. The first-order valence-electron chi connectivity index (χ1n) is 20.6. The highest BCUT2D eigenvalue weighted by Crippen LogP contribution is 2.45. The van der Waals surface area contributed by atoms with Crippen molar-refractivity contribution in [3.63, 3.8) is 0 Å². The molecule has 0 radical (unpaired) electrons. The summed E-state index contributed by atoms with van der Waals surface area (Å²) in [6, 6.07) is 56.6. The zero-order chi connectivity index (χ0) is 39.9. The van der Waals surface area contributed by atoms with E-state index >= 15 is 0 Å². The summed E-state index contributed by atoms with van der Waals surface area (Å²) in [5.74, 6) is 0. The van der Waals surface area contributed by atoms with E-state index in [9.17, 15) is 0 Å². The lowest BCUT2D eigenvalue weighted by molar-refractivity contribution is 0.590. The molecule has 4 aromatic heterocycles. The van der Waals surface area contributed by atoms with Crippen LogP contribution < -0.4 is 16.2 Å². The smallest absolute Gasteiger partial charge is 0.198 e. The van der Waals surface area contributed by atoms with Gasteiger partial charge in [-0.1, -0.05) is 117 Å². The lowest BCUT2D eigenvalue weighted by atomic mass is 9.59. The third-order valence-corrected chi connectivity index (χ3v) is 15.9. The summed E-state index contributed by atoms with van der Waals surface area (Å²) in [7, 11) is 0.811. The second-order valence-corrected chi connectivity index (χ2v) is 20.4. The fourth-order valence-electron chi connectivity index (χ4n) is 9.63. The van der Waals surface area contributed by atoms with Gasteiger partial charge in [-0.05, 0) is 82.7 Å². The summed E-state index contributed by atoms with van der Waals surface area (Å²) in [5, 5.41) is 12.9. The summed E-state index contributed by atoms with van der Waals surface area (Å²) in [4.78, 5) is 5.23. The van der Waals surface area contributed by atoms with Crippen LogP contribution in [-0.4, -0.2) is 16.8 Å². The minimum Gasteiger partial charge on any atom is -0.355 e. The highest BCUT2D eigenvalue weighted by Gasteiger charge is 2.29. The monoisotopic (exact) mass is 821 g/mol. The molecule has 1 aliphatic heterocycles. The van der Waals surface area contributed by atoms with E-state index in [1.165, 1.54) is 100 Å². The molecule has 8 aromatic carbocycles. The molecule has 0 amide bonds. The van der Waals surface area contributed by atoms with Gasteiger partial charge in [0.1, 0.15) is 5.01 Å². The Kier molecular flexibility index (Phi) is 7.29. The number of nitrogens with zero attached hydrogens (tertiary/aromatic N) is 2. The Balaban J connectivity index is 1.09. The van der Waals surface area contributed by atoms with E-state index in [1.54, 1.807) is 11.3 Å². The first-order valence-corrected chi connectivity index (χ1v) is 23.0. The second kappa shape index (κ2) is 12.6. The fraction of sp³-hybridized carbons (Fsp3) is 0.0755. The van der Waals surface area contributed by atoms with Crippen molar-refractivity contribution in [1.29, 1.82) is 0 Å². The average Bonchev–Trinajstić information content (AvgIpc) is 4.03. The van der Waals surface area contributed by atoms with Crippen LogP contribution in [0.4, 0.5) is 11.4 Å². The van der Waals surface area contributed by atoms with E-state index in [-0.39, 0.29) is 5.41 Å². The first-order chi connectivity index (χ1) is 29.3. The number of hydrogen-bond acceptors (Lipinski definition) is 5. The minimum atomic E-state index is 0.0853. The molecule has 7 heteroatoms. The molecule has 0 atom stereocenters. The van der Waals surface area contributed by atoms with Crippen LogP contribution >= 0.6 is 34.0 Å². The van der Waals surface area contributed by atoms with Crippen molar-refractivity contribution < 1.29 is 0 Å². The van der Waals surface area contributed by atoms with Gasteiger partial charge in [-0.3, -0.25) is 0 Å². The van der Waals surface area contributed by atoms with Crippen molar-refractivity contribution >= 4 is 136 Å². The molecule has 3 nitrogen and oxygen atoms in total. The highest BCUT2D eigenvalue weighted by molar-refractivity contribution is 7.26. The van der Waals surface area contributed by atoms with Crippen LogP contribution in [0.2, 0.25) is 0 Å². The van der Waals surface area contributed by atoms with Crippen molar-refractivity contribution in [2.24, 2.45) is 0 Å². The molecule has 1 N–H and O–H groups in total. The molecule has 60 heavy (non-hydrogen) atoms. The Morgan fingerprint density at radius 1 is 0.550 bits per heavy atom. The molecule has 0 unspecified atom stereocenters. The average molecular weight is 822 g/mol. The molecular formula is C53H36BN3S3. The molecule has 0 aliphatic carbocycles. The van der Waals surface area contributed by atoms with Gasteiger partial charge < -0.3 is 9.88 Å². The van der Waals surface area contributed by atoms with Gasteiger partial charge in [0.15, 0.2) is 7.28 Å². The van der Waals surface area contributed by atoms with Crippen molar-refractivity contribution in [3.05, 3.63) is 157 Å². The summed E-state index contributed by atoms with van der Waals surface area (Å²) in [6.07, 6.45) is 0. The molecule has 12 aromatic rings. The van der Waals surface area contributed by atoms with Crippen LogP contribution in [0.5, 0.6) is 0 Å². The number of thiophene rings is 2. The first kappa shape index (κ1) is 34.6. The van der Waals surface area contributed by atoms with Crippen molar-refractivity contribution in [2.45, 2.75) is 26.2 Å². The van der Waals surface area contributed by atoms with E-state index in [4.69, 9.17) is 4.98 Å². The minimum absolute atomic E-state index is 0.0853. The molecule has 0 saturated heterocycles. The fourth-order valence-corrected chi connectivity index (χ4v) is 12.9. The largest absolute Gasteiger partial charge is 0.355 e. The summed E-state index contributed by atoms with van der Waals surface area (Å²) < 4.78 is 9.05. The number of thiazole rings is 1. The highest BCUT2D eigenvalue weighted by atomic mass is 32.1. The molecule has 5 heterocycles. The Labute approximate surface area is 359 Å².